The maximum Gasteiger partial charge on any atom is 0.253 e. The second kappa shape index (κ2) is 4.75. The average Bonchev–Trinajstić information content (AvgIpc) is 2.43. The molecule has 0 radical (unpaired) electrons. The standard InChI is InChI=1S/C17H17NO2/c1-11-7-15(10-18(2)17(11)20)13-3-4-14-9-16(19)6-5-12(14)8-13/h3-4,7-8,10H,5-6,9H2,1-2H3. The van der Waals surface area contributed by atoms with Gasteiger partial charge in [-0.2, -0.15) is 0 Å². The Morgan fingerprint density at radius 2 is 1.80 bits per heavy atom. The van der Waals surface area contributed by atoms with E-state index in [1.54, 1.807) is 11.6 Å². The fraction of sp³-hybridized carbons (Fsp3) is 0.294. The minimum absolute atomic E-state index is 0.0392. The quantitative estimate of drug-likeness (QED) is 0.796. The van der Waals surface area contributed by atoms with Crippen LogP contribution in [0.3, 0.4) is 0 Å². The molecule has 0 amide bonds. The van der Waals surface area contributed by atoms with Gasteiger partial charge in [-0.1, -0.05) is 18.2 Å². The summed E-state index contributed by atoms with van der Waals surface area (Å²) in [6, 6.07) is 8.16. The molecule has 0 N–H and O–H groups in total. The predicted octanol–water partition coefficient (Wildman–Crippen LogP) is 2.42. The number of hydrogen-bond acceptors (Lipinski definition) is 2. The second-order valence-corrected chi connectivity index (χ2v) is 5.53. The van der Waals surface area contributed by atoms with Crippen molar-refractivity contribution in [1.29, 1.82) is 0 Å². The minimum Gasteiger partial charge on any atom is -0.318 e. The Bertz CT molecular complexity index is 730. The molecule has 3 nitrogen and oxygen atoms in total. The number of carbonyl (C=O) groups is 1. The number of aromatic nitrogens is 1. The van der Waals surface area contributed by atoms with Gasteiger partial charge in [-0.3, -0.25) is 9.59 Å². The Balaban J connectivity index is 2.08. The Kier molecular flexibility index (Phi) is 3.05. The zero-order valence-corrected chi connectivity index (χ0v) is 11.8. The highest BCUT2D eigenvalue weighted by Crippen LogP contribution is 2.26. The molecule has 1 aromatic carbocycles. The van der Waals surface area contributed by atoms with Gasteiger partial charge in [-0.05, 0) is 41.7 Å². The SMILES string of the molecule is Cc1cc(-c2ccc3c(c2)CCC(=O)C3)cn(C)c1=O. The van der Waals surface area contributed by atoms with E-state index < -0.39 is 0 Å². The molecule has 3 heteroatoms. The van der Waals surface area contributed by atoms with E-state index in [-0.39, 0.29) is 5.56 Å². The van der Waals surface area contributed by atoms with E-state index in [1.807, 2.05) is 31.3 Å². The summed E-state index contributed by atoms with van der Waals surface area (Å²) in [5, 5.41) is 0. The van der Waals surface area contributed by atoms with Gasteiger partial charge < -0.3 is 4.57 Å². The summed E-state index contributed by atoms with van der Waals surface area (Å²) >= 11 is 0. The van der Waals surface area contributed by atoms with Crippen molar-refractivity contribution in [2.75, 3.05) is 0 Å². The molecule has 20 heavy (non-hydrogen) atoms. The summed E-state index contributed by atoms with van der Waals surface area (Å²) < 4.78 is 1.62. The zero-order valence-electron chi connectivity index (χ0n) is 11.8. The number of Topliss-reactive ketones (excluding diaryl/α,β-unsaturated/α-hetero) is 1. The number of ketones is 1. The third-order valence-corrected chi connectivity index (χ3v) is 3.96. The van der Waals surface area contributed by atoms with Gasteiger partial charge in [0.25, 0.3) is 5.56 Å². The summed E-state index contributed by atoms with van der Waals surface area (Å²) in [7, 11) is 1.77. The normalized spacial score (nSPS) is 14.2. The lowest BCUT2D eigenvalue weighted by molar-refractivity contribution is -0.118. The summed E-state index contributed by atoms with van der Waals surface area (Å²) in [6.45, 7) is 1.84. The van der Waals surface area contributed by atoms with Gasteiger partial charge in [0, 0.05) is 31.6 Å². The van der Waals surface area contributed by atoms with Crippen molar-refractivity contribution < 1.29 is 4.79 Å². The molecule has 0 aliphatic heterocycles. The molecule has 0 spiro atoms. The molecule has 1 aliphatic carbocycles. The van der Waals surface area contributed by atoms with E-state index in [2.05, 4.69) is 6.07 Å². The molecule has 0 saturated carbocycles. The topological polar surface area (TPSA) is 39.1 Å². The van der Waals surface area contributed by atoms with Crippen LogP contribution in [-0.2, 0) is 24.7 Å². The molecule has 0 atom stereocenters. The lowest BCUT2D eigenvalue weighted by Crippen LogP contribution is -2.18. The Morgan fingerprint density at radius 1 is 1.00 bits per heavy atom. The molecular formula is C17H17NO2. The van der Waals surface area contributed by atoms with Crippen molar-refractivity contribution in [3.8, 4) is 11.1 Å². The van der Waals surface area contributed by atoms with E-state index in [1.165, 1.54) is 5.56 Å². The number of benzene rings is 1. The van der Waals surface area contributed by atoms with E-state index in [0.717, 1.165) is 28.7 Å². The summed E-state index contributed by atoms with van der Waals surface area (Å²) in [4.78, 5) is 23.2. The first-order chi connectivity index (χ1) is 9.54. The molecule has 2 aromatic rings. The fourth-order valence-electron chi connectivity index (χ4n) is 2.82. The molecule has 0 fully saturated rings. The van der Waals surface area contributed by atoms with Crippen LogP contribution in [0.4, 0.5) is 0 Å². The Morgan fingerprint density at radius 3 is 2.55 bits per heavy atom. The molecule has 0 saturated heterocycles. The lowest BCUT2D eigenvalue weighted by atomic mass is 9.88. The van der Waals surface area contributed by atoms with Crippen LogP contribution >= 0.6 is 0 Å². The lowest BCUT2D eigenvalue weighted by Gasteiger charge is -2.16. The van der Waals surface area contributed by atoms with Gasteiger partial charge in [0.2, 0.25) is 0 Å². The number of fused-ring (bicyclic) bond motifs is 1. The summed E-state index contributed by atoms with van der Waals surface area (Å²) in [6.07, 6.45) is 3.89. The van der Waals surface area contributed by atoms with Crippen LogP contribution < -0.4 is 5.56 Å². The van der Waals surface area contributed by atoms with Crippen LogP contribution in [0.25, 0.3) is 11.1 Å². The maximum absolute atomic E-state index is 11.7. The smallest absolute Gasteiger partial charge is 0.253 e. The Labute approximate surface area is 117 Å². The van der Waals surface area contributed by atoms with E-state index in [4.69, 9.17) is 0 Å². The van der Waals surface area contributed by atoms with Gasteiger partial charge >= 0.3 is 0 Å². The third-order valence-electron chi connectivity index (χ3n) is 3.96. The number of hydrogen-bond donors (Lipinski definition) is 0. The van der Waals surface area contributed by atoms with E-state index in [9.17, 15) is 9.59 Å². The average molecular weight is 267 g/mol. The van der Waals surface area contributed by atoms with Gasteiger partial charge in [0.1, 0.15) is 5.78 Å². The van der Waals surface area contributed by atoms with Crippen molar-refractivity contribution >= 4 is 5.78 Å². The highest BCUT2D eigenvalue weighted by molar-refractivity contribution is 5.83. The number of carbonyl (C=O) groups excluding carboxylic acids is 1. The van der Waals surface area contributed by atoms with Crippen molar-refractivity contribution in [3.63, 3.8) is 0 Å². The van der Waals surface area contributed by atoms with Gasteiger partial charge in [-0.15, -0.1) is 0 Å². The van der Waals surface area contributed by atoms with Crippen LogP contribution in [-0.4, -0.2) is 10.4 Å². The monoisotopic (exact) mass is 267 g/mol. The maximum atomic E-state index is 11.7. The Hall–Kier alpha value is -2.16. The molecule has 102 valence electrons. The third kappa shape index (κ3) is 2.20. The van der Waals surface area contributed by atoms with E-state index in [0.29, 0.717) is 18.6 Å². The van der Waals surface area contributed by atoms with Crippen LogP contribution in [0.5, 0.6) is 0 Å². The number of rotatable bonds is 1. The highest BCUT2D eigenvalue weighted by Gasteiger charge is 2.16. The largest absolute Gasteiger partial charge is 0.318 e. The zero-order chi connectivity index (χ0) is 14.3. The van der Waals surface area contributed by atoms with Crippen LogP contribution in [0.2, 0.25) is 0 Å². The summed E-state index contributed by atoms with van der Waals surface area (Å²) in [5.41, 5.74) is 5.34. The minimum atomic E-state index is 0.0392. The molecule has 1 aromatic heterocycles. The van der Waals surface area contributed by atoms with Crippen LogP contribution in [0.15, 0.2) is 35.3 Å². The molecule has 3 rings (SSSR count). The molecule has 1 aliphatic rings. The van der Waals surface area contributed by atoms with Crippen molar-refractivity contribution in [2.24, 2.45) is 7.05 Å². The van der Waals surface area contributed by atoms with Gasteiger partial charge in [0.05, 0.1) is 0 Å². The molecular weight excluding hydrogens is 250 g/mol. The number of aryl methyl sites for hydroxylation is 3. The number of nitrogens with zero attached hydrogens (tertiary/aromatic N) is 1. The highest BCUT2D eigenvalue weighted by atomic mass is 16.1. The second-order valence-electron chi connectivity index (χ2n) is 5.53. The van der Waals surface area contributed by atoms with Crippen molar-refractivity contribution in [3.05, 3.63) is 57.5 Å². The van der Waals surface area contributed by atoms with Crippen LogP contribution in [0.1, 0.15) is 23.1 Å². The first-order valence-electron chi connectivity index (χ1n) is 6.86. The van der Waals surface area contributed by atoms with E-state index >= 15 is 0 Å². The fourth-order valence-corrected chi connectivity index (χ4v) is 2.82. The number of pyridine rings is 1. The first-order valence-corrected chi connectivity index (χ1v) is 6.86. The van der Waals surface area contributed by atoms with Crippen molar-refractivity contribution in [1.82, 2.24) is 4.57 Å². The molecule has 1 heterocycles. The van der Waals surface area contributed by atoms with Gasteiger partial charge in [-0.25, -0.2) is 0 Å². The summed E-state index contributed by atoms with van der Waals surface area (Å²) in [5.74, 6) is 0.322. The predicted molar refractivity (Wildman–Crippen MR) is 78.9 cm³/mol. The van der Waals surface area contributed by atoms with Crippen molar-refractivity contribution in [2.45, 2.75) is 26.2 Å². The molecule has 0 bridgehead atoms. The molecule has 0 unspecified atom stereocenters. The van der Waals surface area contributed by atoms with Gasteiger partial charge in [0.15, 0.2) is 0 Å². The van der Waals surface area contributed by atoms with Crippen LogP contribution in [0, 0.1) is 6.92 Å². The first kappa shape index (κ1) is 12.9.